The van der Waals surface area contributed by atoms with Crippen molar-refractivity contribution in [3.8, 4) is 0 Å². The molecule has 0 unspecified atom stereocenters. The van der Waals surface area contributed by atoms with Crippen molar-refractivity contribution in [2.24, 2.45) is 0 Å². The monoisotopic (exact) mass is 348 g/mol. The largest absolute Gasteiger partial charge is 0.350 e. The van der Waals surface area contributed by atoms with Gasteiger partial charge in [-0.25, -0.2) is 0 Å². The van der Waals surface area contributed by atoms with E-state index < -0.39 is 0 Å². The zero-order valence-corrected chi connectivity index (χ0v) is 15.9. The molecule has 4 nitrogen and oxygen atoms in total. The number of carbonyl (C=O) groups is 2. The van der Waals surface area contributed by atoms with Crippen molar-refractivity contribution in [3.05, 3.63) is 69.9 Å². The molecule has 0 aliphatic carbocycles. The van der Waals surface area contributed by atoms with Gasteiger partial charge in [0.25, 0.3) is 11.8 Å². The van der Waals surface area contributed by atoms with Gasteiger partial charge in [0.1, 0.15) is 5.70 Å². The van der Waals surface area contributed by atoms with Crippen LogP contribution in [-0.2, 0) is 9.59 Å². The lowest BCUT2D eigenvalue weighted by atomic mass is 9.97. The summed E-state index contributed by atoms with van der Waals surface area (Å²) in [5.41, 5.74) is 6.69. The molecule has 0 radical (unpaired) electrons. The first-order valence-electron chi connectivity index (χ1n) is 8.85. The molecule has 2 amide bonds. The fraction of sp³-hybridized carbons (Fsp3) is 0.273. The van der Waals surface area contributed by atoms with Crippen LogP contribution >= 0.6 is 0 Å². The van der Waals surface area contributed by atoms with E-state index in [9.17, 15) is 9.59 Å². The fourth-order valence-electron chi connectivity index (χ4n) is 3.33. The highest BCUT2D eigenvalue weighted by atomic mass is 16.2. The van der Waals surface area contributed by atoms with E-state index in [1.165, 1.54) is 4.90 Å². The van der Waals surface area contributed by atoms with Gasteiger partial charge in [0.2, 0.25) is 0 Å². The third-order valence-corrected chi connectivity index (χ3v) is 4.79. The van der Waals surface area contributed by atoms with Crippen LogP contribution < -0.4 is 5.32 Å². The van der Waals surface area contributed by atoms with E-state index in [0.29, 0.717) is 17.8 Å². The molecule has 1 heterocycles. The van der Waals surface area contributed by atoms with Crippen LogP contribution in [0.4, 0.5) is 5.69 Å². The lowest BCUT2D eigenvalue weighted by Gasteiger charge is -2.13. The van der Waals surface area contributed by atoms with E-state index in [1.807, 2.05) is 71.0 Å². The van der Waals surface area contributed by atoms with Crippen LogP contribution in [0, 0.1) is 27.7 Å². The number of rotatable bonds is 4. The van der Waals surface area contributed by atoms with Crippen LogP contribution in [0.15, 0.2) is 42.1 Å². The second-order valence-corrected chi connectivity index (χ2v) is 6.87. The summed E-state index contributed by atoms with van der Waals surface area (Å²) in [6, 6.07) is 12.0. The van der Waals surface area contributed by atoms with E-state index in [0.717, 1.165) is 33.5 Å². The number of amides is 2. The van der Waals surface area contributed by atoms with Gasteiger partial charge in [0.15, 0.2) is 0 Å². The lowest BCUT2D eigenvalue weighted by Crippen LogP contribution is -2.32. The van der Waals surface area contributed by atoms with E-state index in [2.05, 4.69) is 5.32 Å². The molecule has 0 spiro atoms. The Balaban J connectivity index is 2.17. The Morgan fingerprint density at radius 1 is 0.846 bits per heavy atom. The Labute approximate surface area is 154 Å². The molecule has 1 N–H and O–H groups in total. The highest BCUT2D eigenvalue weighted by molar-refractivity contribution is 6.36. The quantitative estimate of drug-likeness (QED) is 0.845. The van der Waals surface area contributed by atoms with Crippen molar-refractivity contribution in [1.29, 1.82) is 0 Å². The Kier molecular flexibility index (Phi) is 4.68. The van der Waals surface area contributed by atoms with Gasteiger partial charge in [0, 0.05) is 12.2 Å². The van der Waals surface area contributed by atoms with Crippen LogP contribution in [0.5, 0.6) is 0 Å². The Hall–Kier alpha value is -2.88. The summed E-state index contributed by atoms with van der Waals surface area (Å²) in [4.78, 5) is 27.1. The number of imide groups is 1. The molecule has 4 heteroatoms. The maximum atomic E-state index is 12.9. The zero-order valence-electron chi connectivity index (χ0n) is 15.9. The van der Waals surface area contributed by atoms with E-state index in [-0.39, 0.29) is 11.8 Å². The molecule has 0 aromatic heterocycles. The molecular weight excluding hydrogens is 324 g/mol. The van der Waals surface area contributed by atoms with Gasteiger partial charge >= 0.3 is 0 Å². The molecule has 0 bridgehead atoms. The Bertz CT molecular complexity index is 941. The Morgan fingerprint density at radius 3 is 2.15 bits per heavy atom. The molecule has 1 aliphatic heterocycles. The predicted octanol–water partition coefficient (Wildman–Crippen LogP) is 4.13. The first-order chi connectivity index (χ1) is 12.3. The summed E-state index contributed by atoms with van der Waals surface area (Å²) < 4.78 is 0. The second kappa shape index (κ2) is 6.79. The summed E-state index contributed by atoms with van der Waals surface area (Å²) in [6.07, 6.45) is 0. The summed E-state index contributed by atoms with van der Waals surface area (Å²) in [5.74, 6) is -0.509. The average Bonchev–Trinajstić information content (AvgIpc) is 2.81. The summed E-state index contributed by atoms with van der Waals surface area (Å²) in [7, 11) is 0. The number of anilines is 1. The maximum absolute atomic E-state index is 12.9. The topological polar surface area (TPSA) is 49.4 Å². The zero-order chi connectivity index (χ0) is 19.0. The Morgan fingerprint density at radius 2 is 1.50 bits per heavy atom. The van der Waals surface area contributed by atoms with Crippen molar-refractivity contribution in [2.75, 3.05) is 11.9 Å². The van der Waals surface area contributed by atoms with Gasteiger partial charge in [-0.2, -0.15) is 0 Å². The SMILES string of the molecule is CCN1C(=O)C(Nc2cc(C)ccc2C)=C(c2ccc(C)cc2C)C1=O. The summed E-state index contributed by atoms with van der Waals surface area (Å²) in [6.45, 7) is 10.1. The number of carbonyl (C=O) groups excluding carboxylic acids is 2. The molecule has 0 fully saturated rings. The van der Waals surface area contributed by atoms with Gasteiger partial charge in [-0.3, -0.25) is 14.5 Å². The number of hydrogen-bond donors (Lipinski definition) is 1. The van der Waals surface area contributed by atoms with Gasteiger partial charge in [-0.05, 0) is 62.9 Å². The first-order valence-corrected chi connectivity index (χ1v) is 8.85. The number of likely N-dealkylation sites (N-methyl/N-ethyl adjacent to an activating group) is 1. The third-order valence-electron chi connectivity index (χ3n) is 4.79. The third kappa shape index (κ3) is 3.03. The molecule has 134 valence electrons. The minimum Gasteiger partial charge on any atom is -0.350 e. The average molecular weight is 348 g/mol. The second-order valence-electron chi connectivity index (χ2n) is 6.87. The normalized spacial score (nSPS) is 14.4. The van der Waals surface area contributed by atoms with Crippen LogP contribution in [0.25, 0.3) is 5.57 Å². The molecule has 3 rings (SSSR count). The standard InChI is InChI=1S/C22H24N2O2/c1-6-24-21(25)19(17-10-8-13(2)11-16(17)5)20(22(24)26)23-18-12-14(3)7-9-15(18)4/h7-12,23H,6H2,1-5H3. The summed E-state index contributed by atoms with van der Waals surface area (Å²) in [5, 5.41) is 3.25. The van der Waals surface area contributed by atoms with Gasteiger partial charge in [-0.1, -0.05) is 35.9 Å². The van der Waals surface area contributed by atoms with Crippen LogP contribution in [0.2, 0.25) is 0 Å². The highest BCUT2D eigenvalue weighted by Gasteiger charge is 2.38. The summed E-state index contributed by atoms with van der Waals surface area (Å²) >= 11 is 0. The van der Waals surface area contributed by atoms with Gasteiger partial charge in [-0.15, -0.1) is 0 Å². The van der Waals surface area contributed by atoms with Crippen molar-refractivity contribution in [2.45, 2.75) is 34.6 Å². The predicted molar refractivity (Wildman–Crippen MR) is 105 cm³/mol. The van der Waals surface area contributed by atoms with Gasteiger partial charge in [0.05, 0.1) is 5.57 Å². The molecule has 2 aromatic carbocycles. The van der Waals surface area contributed by atoms with Crippen LogP contribution in [0.1, 0.15) is 34.7 Å². The van der Waals surface area contributed by atoms with E-state index in [1.54, 1.807) is 0 Å². The van der Waals surface area contributed by atoms with Crippen molar-refractivity contribution in [3.63, 3.8) is 0 Å². The van der Waals surface area contributed by atoms with Crippen LogP contribution in [-0.4, -0.2) is 23.3 Å². The van der Waals surface area contributed by atoms with E-state index >= 15 is 0 Å². The molecular formula is C22H24N2O2. The highest BCUT2D eigenvalue weighted by Crippen LogP contribution is 2.33. The molecule has 26 heavy (non-hydrogen) atoms. The molecule has 0 atom stereocenters. The van der Waals surface area contributed by atoms with Crippen LogP contribution in [0.3, 0.4) is 0 Å². The van der Waals surface area contributed by atoms with Crippen molar-refractivity contribution < 1.29 is 9.59 Å². The van der Waals surface area contributed by atoms with Crippen molar-refractivity contribution >= 4 is 23.1 Å². The van der Waals surface area contributed by atoms with E-state index in [4.69, 9.17) is 0 Å². The number of benzene rings is 2. The molecule has 0 saturated carbocycles. The molecule has 2 aromatic rings. The number of nitrogens with zero attached hydrogens (tertiary/aromatic N) is 1. The maximum Gasteiger partial charge on any atom is 0.278 e. The van der Waals surface area contributed by atoms with Crippen molar-refractivity contribution in [1.82, 2.24) is 4.90 Å². The number of hydrogen-bond acceptors (Lipinski definition) is 3. The molecule has 1 aliphatic rings. The fourth-order valence-corrected chi connectivity index (χ4v) is 3.33. The molecule has 0 saturated heterocycles. The number of aryl methyl sites for hydroxylation is 4. The number of nitrogens with one attached hydrogen (secondary N) is 1. The minimum atomic E-state index is -0.270. The van der Waals surface area contributed by atoms with Gasteiger partial charge < -0.3 is 5.32 Å². The smallest absolute Gasteiger partial charge is 0.278 e. The lowest BCUT2D eigenvalue weighted by molar-refractivity contribution is -0.136. The first kappa shape index (κ1) is 17.9. The minimum absolute atomic E-state index is 0.239.